The van der Waals surface area contributed by atoms with Crippen LogP contribution in [0.4, 0.5) is 10.5 Å². The molecule has 0 aliphatic heterocycles. The van der Waals surface area contributed by atoms with Crippen molar-refractivity contribution < 1.29 is 4.79 Å². The number of urea groups is 1. The van der Waals surface area contributed by atoms with Crippen molar-refractivity contribution in [3.05, 3.63) is 42.2 Å². The molecule has 1 unspecified atom stereocenters. The first-order valence-corrected chi connectivity index (χ1v) is 6.39. The molecule has 0 aliphatic carbocycles. The number of aromatic nitrogens is 3. The minimum absolute atomic E-state index is 0.209. The summed E-state index contributed by atoms with van der Waals surface area (Å²) in [6.45, 7) is 3.65. The summed E-state index contributed by atoms with van der Waals surface area (Å²) in [5.41, 5.74) is 6.89. The summed E-state index contributed by atoms with van der Waals surface area (Å²) in [6.07, 6.45) is 3.49. The molecule has 0 radical (unpaired) electrons. The summed E-state index contributed by atoms with van der Waals surface area (Å²) in [5, 5.41) is 13.6. The van der Waals surface area contributed by atoms with Gasteiger partial charge in [0.2, 0.25) is 0 Å². The Morgan fingerprint density at radius 3 is 2.75 bits per heavy atom. The zero-order valence-electron chi connectivity index (χ0n) is 11.3. The standard InChI is InChI=1S/C13H18N6O/c1-10(15-6-8-19-9-7-16-18-19)11-2-4-12(5-3-11)17-13(14)20/h2-5,7,9-10,15H,6,8H2,1H3,(H3,14,17,20). The highest BCUT2D eigenvalue weighted by Crippen LogP contribution is 2.15. The highest BCUT2D eigenvalue weighted by Gasteiger charge is 2.05. The zero-order valence-corrected chi connectivity index (χ0v) is 11.3. The summed E-state index contributed by atoms with van der Waals surface area (Å²) in [6, 6.07) is 7.22. The van der Waals surface area contributed by atoms with Crippen LogP contribution in [0.1, 0.15) is 18.5 Å². The predicted octanol–water partition coefficient (Wildman–Crippen LogP) is 1.12. The van der Waals surface area contributed by atoms with Crippen LogP contribution in [-0.2, 0) is 6.54 Å². The van der Waals surface area contributed by atoms with E-state index < -0.39 is 6.03 Å². The lowest BCUT2D eigenvalue weighted by atomic mass is 10.1. The van der Waals surface area contributed by atoms with Crippen molar-refractivity contribution in [1.82, 2.24) is 20.3 Å². The molecular formula is C13H18N6O. The fourth-order valence-electron chi connectivity index (χ4n) is 1.86. The van der Waals surface area contributed by atoms with E-state index in [1.54, 1.807) is 10.9 Å². The maximum Gasteiger partial charge on any atom is 0.316 e. The van der Waals surface area contributed by atoms with Crippen LogP contribution in [0.25, 0.3) is 0 Å². The van der Waals surface area contributed by atoms with Gasteiger partial charge in [-0.15, -0.1) is 5.10 Å². The Morgan fingerprint density at radius 2 is 2.15 bits per heavy atom. The second kappa shape index (κ2) is 6.67. The average molecular weight is 274 g/mol. The van der Waals surface area contributed by atoms with Gasteiger partial charge in [0.05, 0.1) is 12.7 Å². The van der Waals surface area contributed by atoms with Gasteiger partial charge in [-0.05, 0) is 24.6 Å². The van der Waals surface area contributed by atoms with Gasteiger partial charge in [0, 0.05) is 24.5 Å². The van der Waals surface area contributed by atoms with Gasteiger partial charge in [0.15, 0.2) is 0 Å². The Kier molecular flexibility index (Phi) is 4.67. The predicted molar refractivity (Wildman–Crippen MR) is 76.1 cm³/mol. The first-order valence-electron chi connectivity index (χ1n) is 6.39. The molecule has 0 fully saturated rings. The Hall–Kier alpha value is -2.41. The molecule has 7 nitrogen and oxygen atoms in total. The summed E-state index contributed by atoms with van der Waals surface area (Å²) < 4.78 is 1.78. The van der Waals surface area contributed by atoms with Crippen LogP contribution in [0, 0.1) is 0 Å². The van der Waals surface area contributed by atoms with Gasteiger partial charge >= 0.3 is 6.03 Å². The third-order valence-electron chi connectivity index (χ3n) is 2.94. The molecule has 0 saturated carbocycles. The van der Waals surface area contributed by atoms with Crippen molar-refractivity contribution in [2.45, 2.75) is 19.5 Å². The lowest BCUT2D eigenvalue weighted by Gasteiger charge is -2.14. The highest BCUT2D eigenvalue weighted by molar-refractivity contribution is 5.87. The fraction of sp³-hybridized carbons (Fsp3) is 0.308. The Bertz CT molecular complexity index is 536. The van der Waals surface area contributed by atoms with E-state index in [1.165, 1.54) is 0 Å². The highest BCUT2D eigenvalue weighted by atomic mass is 16.2. The number of hydrogen-bond acceptors (Lipinski definition) is 4. The van der Waals surface area contributed by atoms with Crippen LogP contribution < -0.4 is 16.4 Å². The van der Waals surface area contributed by atoms with E-state index in [1.807, 2.05) is 30.5 Å². The number of rotatable bonds is 6. The van der Waals surface area contributed by atoms with E-state index in [2.05, 4.69) is 27.9 Å². The molecule has 0 aliphatic rings. The van der Waals surface area contributed by atoms with Gasteiger partial charge < -0.3 is 16.4 Å². The summed E-state index contributed by atoms with van der Waals surface area (Å²) in [5.74, 6) is 0. The van der Waals surface area contributed by atoms with Crippen molar-refractivity contribution in [2.24, 2.45) is 5.73 Å². The number of nitrogens with zero attached hydrogens (tertiary/aromatic N) is 3. The van der Waals surface area contributed by atoms with E-state index in [0.29, 0.717) is 5.69 Å². The lowest BCUT2D eigenvalue weighted by Crippen LogP contribution is -2.23. The first-order chi connectivity index (χ1) is 9.65. The maximum absolute atomic E-state index is 10.7. The van der Waals surface area contributed by atoms with Gasteiger partial charge in [0.25, 0.3) is 0 Å². The Labute approximate surface area is 117 Å². The van der Waals surface area contributed by atoms with Crippen LogP contribution in [0.5, 0.6) is 0 Å². The largest absolute Gasteiger partial charge is 0.351 e. The van der Waals surface area contributed by atoms with Crippen LogP contribution in [0.15, 0.2) is 36.7 Å². The average Bonchev–Trinajstić information content (AvgIpc) is 2.92. The summed E-state index contributed by atoms with van der Waals surface area (Å²) >= 11 is 0. The monoisotopic (exact) mass is 274 g/mol. The van der Waals surface area contributed by atoms with Crippen LogP contribution in [-0.4, -0.2) is 27.6 Å². The lowest BCUT2D eigenvalue weighted by molar-refractivity contribution is 0.259. The van der Waals surface area contributed by atoms with Crippen molar-refractivity contribution in [3.8, 4) is 0 Å². The van der Waals surface area contributed by atoms with Crippen molar-refractivity contribution in [2.75, 3.05) is 11.9 Å². The van der Waals surface area contributed by atoms with Gasteiger partial charge in [-0.1, -0.05) is 17.3 Å². The summed E-state index contributed by atoms with van der Waals surface area (Å²) in [7, 11) is 0. The molecule has 0 saturated heterocycles. The molecule has 4 N–H and O–H groups in total. The molecule has 20 heavy (non-hydrogen) atoms. The molecule has 1 heterocycles. The molecule has 1 atom stereocenters. The number of carbonyl (C=O) groups excluding carboxylic acids is 1. The van der Waals surface area contributed by atoms with Gasteiger partial charge in [-0.25, -0.2) is 4.79 Å². The van der Waals surface area contributed by atoms with Gasteiger partial charge in [-0.3, -0.25) is 4.68 Å². The molecule has 7 heteroatoms. The maximum atomic E-state index is 10.7. The fourth-order valence-corrected chi connectivity index (χ4v) is 1.86. The SMILES string of the molecule is CC(NCCn1ccnn1)c1ccc(NC(N)=O)cc1. The van der Waals surface area contributed by atoms with E-state index in [0.717, 1.165) is 18.7 Å². The Morgan fingerprint density at radius 1 is 1.40 bits per heavy atom. The number of benzene rings is 1. The number of primary amides is 1. The molecule has 2 amide bonds. The van der Waals surface area contributed by atoms with Crippen molar-refractivity contribution in [3.63, 3.8) is 0 Å². The van der Waals surface area contributed by atoms with Gasteiger partial charge in [0.1, 0.15) is 0 Å². The molecule has 0 bridgehead atoms. The first kappa shape index (κ1) is 14.0. The molecule has 2 rings (SSSR count). The number of anilines is 1. The quantitative estimate of drug-likeness (QED) is 0.735. The smallest absolute Gasteiger partial charge is 0.316 e. The third-order valence-corrected chi connectivity index (χ3v) is 2.94. The van der Waals surface area contributed by atoms with Crippen molar-refractivity contribution in [1.29, 1.82) is 0 Å². The summed E-state index contributed by atoms with van der Waals surface area (Å²) in [4.78, 5) is 10.7. The molecule has 0 spiro atoms. The normalized spacial score (nSPS) is 12.1. The number of nitrogens with one attached hydrogen (secondary N) is 2. The zero-order chi connectivity index (χ0) is 14.4. The third kappa shape index (κ3) is 4.06. The topological polar surface area (TPSA) is 97.9 Å². The molecule has 1 aromatic heterocycles. The molecular weight excluding hydrogens is 256 g/mol. The number of amides is 2. The number of nitrogens with two attached hydrogens (primary N) is 1. The second-order valence-electron chi connectivity index (χ2n) is 4.45. The van der Waals surface area contributed by atoms with Crippen molar-refractivity contribution >= 4 is 11.7 Å². The number of hydrogen-bond donors (Lipinski definition) is 3. The Balaban J connectivity index is 1.82. The molecule has 2 aromatic rings. The second-order valence-corrected chi connectivity index (χ2v) is 4.45. The molecule has 106 valence electrons. The van der Waals surface area contributed by atoms with Crippen LogP contribution >= 0.6 is 0 Å². The van der Waals surface area contributed by atoms with E-state index in [-0.39, 0.29) is 6.04 Å². The van der Waals surface area contributed by atoms with Crippen LogP contribution in [0.2, 0.25) is 0 Å². The van der Waals surface area contributed by atoms with E-state index >= 15 is 0 Å². The van der Waals surface area contributed by atoms with Gasteiger partial charge in [-0.2, -0.15) is 0 Å². The minimum Gasteiger partial charge on any atom is -0.351 e. The molecule has 1 aromatic carbocycles. The number of carbonyl (C=O) groups is 1. The van der Waals surface area contributed by atoms with E-state index in [4.69, 9.17) is 5.73 Å². The minimum atomic E-state index is -0.559. The van der Waals surface area contributed by atoms with Crippen LogP contribution in [0.3, 0.4) is 0 Å². The van der Waals surface area contributed by atoms with E-state index in [9.17, 15) is 4.79 Å².